The molecular formula is C18H33NaO2. The summed E-state index contributed by atoms with van der Waals surface area (Å²) < 4.78 is 0. The van der Waals surface area contributed by atoms with E-state index in [-0.39, 0.29) is 35.5 Å². The molecule has 3 heteroatoms. The van der Waals surface area contributed by atoms with Crippen LogP contribution >= 0.6 is 0 Å². The predicted octanol–water partition coefficient (Wildman–Crippen LogP) is 1.61. The van der Waals surface area contributed by atoms with Gasteiger partial charge in [-0.25, -0.2) is 0 Å². The van der Waals surface area contributed by atoms with Gasteiger partial charge in [-0.15, -0.1) is 0 Å². The second-order valence-corrected chi connectivity index (χ2v) is 6.54. The maximum Gasteiger partial charge on any atom is 1.00 e. The van der Waals surface area contributed by atoms with Crippen molar-refractivity contribution in [3.05, 3.63) is 0 Å². The minimum atomic E-state index is -0.817. The van der Waals surface area contributed by atoms with Crippen LogP contribution in [0.1, 0.15) is 103 Å². The Hall–Kier alpha value is 0.470. The normalized spacial score (nSPS) is 21.9. The molecule has 1 fully saturated rings. The zero-order chi connectivity index (χ0) is 14.5. The van der Waals surface area contributed by atoms with E-state index in [0.29, 0.717) is 0 Å². The molecule has 0 unspecified atom stereocenters. The molecule has 0 radical (unpaired) electrons. The average molecular weight is 304 g/mol. The zero-order valence-electron chi connectivity index (χ0n) is 14.2. The number of hydrogen-bond donors (Lipinski definition) is 0. The molecule has 0 aromatic heterocycles. The van der Waals surface area contributed by atoms with E-state index in [9.17, 15) is 9.90 Å². The second kappa shape index (κ2) is 15.4. The van der Waals surface area contributed by atoms with Gasteiger partial charge in [-0.2, -0.15) is 0 Å². The fraction of sp³-hybridized carbons (Fsp3) is 0.944. The van der Waals surface area contributed by atoms with Crippen molar-refractivity contribution >= 4 is 5.97 Å². The van der Waals surface area contributed by atoms with Crippen molar-refractivity contribution in [3.8, 4) is 0 Å². The molecule has 0 saturated heterocycles. The van der Waals surface area contributed by atoms with Crippen LogP contribution < -0.4 is 34.7 Å². The average Bonchev–Trinajstić information content (AvgIpc) is 2.43. The van der Waals surface area contributed by atoms with E-state index in [1.54, 1.807) is 0 Å². The fourth-order valence-corrected chi connectivity index (χ4v) is 3.28. The van der Waals surface area contributed by atoms with Crippen LogP contribution in [0, 0.1) is 5.92 Å². The molecule has 0 bridgehead atoms. The number of carbonyl (C=O) groups excluding carboxylic acids is 1. The molecule has 118 valence electrons. The van der Waals surface area contributed by atoms with Crippen LogP contribution in [0.15, 0.2) is 0 Å². The third-order valence-corrected chi connectivity index (χ3v) is 4.69. The van der Waals surface area contributed by atoms with Crippen LogP contribution in [0.25, 0.3) is 0 Å². The standard InChI is InChI=1S/C18H34O2.Na/c19-18(20)17-15-13-11-9-7-5-3-1-2-4-6-8-10-12-14-16-17;/h17H,1-16H2,(H,19,20);/q;+1/p-1. The molecule has 0 aliphatic heterocycles. The van der Waals surface area contributed by atoms with Gasteiger partial charge >= 0.3 is 29.6 Å². The van der Waals surface area contributed by atoms with Crippen molar-refractivity contribution in [3.63, 3.8) is 0 Å². The van der Waals surface area contributed by atoms with Gasteiger partial charge in [0.25, 0.3) is 0 Å². The van der Waals surface area contributed by atoms with Crippen LogP contribution in [0.3, 0.4) is 0 Å². The van der Waals surface area contributed by atoms with E-state index in [4.69, 9.17) is 0 Å². The van der Waals surface area contributed by atoms with Crippen LogP contribution in [-0.4, -0.2) is 5.97 Å². The van der Waals surface area contributed by atoms with Crippen molar-refractivity contribution in [1.29, 1.82) is 0 Å². The molecular weight excluding hydrogens is 271 g/mol. The summed E-state index contributed by atoms with van der Waals surface area (Å²) in [6.45, 7) is 0. The van der Waals surface area contributed by atoms with Crippen molar-refractivity contribution in [2.75, 3.05) is 0 Å². The summed E-state index contributed by atoms with van der Waals surface area (Å²) in [7, 11) is 0. The van der Waals surface area contributed by atoms with Gasteiger partial charge in [0.1, 0.15) is 0 Å². The summed E-state index contributed by atoms with van der Waals surface area (Å²) in [6.07, 6.45) is 19.7. The topological polar surface area (TPSA) is 40.1 Å². The molecule has 0 N–H and O–H groups in total. The molecule has 0 spiro atoms. The first-order chi connectivity index (χ1) is 9.80. The summed E-state index contributed by atoms with van der Waals surface area (Å²) in [5.74, 6) is -1.01. The maximum absolute atomic E-state index is 11.1. The predicted molar refractivity (Wildman–Crippen MR) is 82.4 cm³/mol. The largest absolute Gasteiger partial charge is 1.00 e. The first-order valence-corrected chi connectivity index (χ1v) is 9.01. The number of aliphatic carboxylic acids is 1. The van der Waals surface area contributed by atoms with Gasteiger partial charge < -0.3 is 9.90 Å². The third kappa shape index (κ3) is 12.7. The first kappa shape index (κ1) is 21.5. The molecule has 1 aliphatic carbocycles. The Bertz CT molecular complexity index is 225. The van der Waals surface area contributed by atoms with E-state index in [2.05, 4.69) is 0 Å². The first-order valence-electron chi connectivity index (χ1n) is 9.01. The molecule has 0 aromatic rings. The molecule has 1 saturated carbocycles. The van der Waals surface area contributed by atoms with Gasteiger partial charge in [0.2, 0.25) is 0 Å². The summed E-state index contributed by atoms with van der Waals surface area (Å²) in [6, 6.07) is 0. The molecule has 2 nitrogen and oxygen atoms in total. The molecule has 0 amide bonds. The van der Waals surface area contributed by atoms with Gasteiger partial charge in [0.05, 0.1) is 0 Å². The summed E-state index contributed by atoms with van der Waals surface area (Å²) in [5.41, 5.74) is 0. The Kier molecular flexibility index (Phi) is 15.7. The Morgan fingerprint density at radius 3 is 1.05 bits per heavy atom. The van der Waals surface area contributed by atoms with E-state index in [0.717, 1.165) is 25.7 Å². The van der Waals surface area contributed by atoms with E-state index >= 15 is 0 Å². The van der Waals surface area contributed by atoms with Gasteiger partial charge in [-0.05, 0) is 18.8 Å². The monoisotopic (exact) mass is 304 g/mol. The minimum Gasteiger partial charge on any atom is -0.550 e. The van der Waals surface area contributed by atoms with Crippen molar-refractivity contribution in [1.82, 2.24) is 0 Å². The zero-order valence-corrected chi connectivity index (χ0v) is 16.2. The molecule has 0 aromatic carbocycles. The van der Waals surface area contributed by atoms with Crippen molar-refractivity contribution in [2.45, 2.75) is 103 Å². The van der Waals surface area contributed by atoms with Gasteiger partial charge in [0, 0.05) is 5.97 Å². The maximum atomic E-state index is 11.1. The second-order valence-electron chi connectivity index (χ2n) is 6.54. The fourth-order valence-electron chi connectivity index (χ4n) is 3.28. The Morgan fingerprint density at radius 2 is 0.810 bits per heavy atom. The molecule has 1 rings (SSSR count). The number of carboxylic acid groups (broad SMARTS) is 1. The molecule has 0 heterocycles. The van der Waals surface area contributed by atoms with E-state index in [1.165, 1.54) is 77.0 Å². The van der Waals surface area contributed by atoms with Gasteiger partial charge in [-0.3, -0.25) is 0 Å². The number of carboxylic acids is 1. The van der Waals surface area contributed by atoms with Crippen LogP contribution in [-0.2, 0) is 4.79 Å². The minimum absolute atomic E-state index is 0. The third-order valence-electron chi connectivity index (χ3n) is 4.69. The summed E-state index contributed by atoms with van der Waals surface area (Å²) in [4.78, 5) is 11.1. The van der Waals surface area contributed by atoms with E-state index < -0.39 is 5.97 Å². The molecule has 21 heavy (non-hydrogen) atoms. The van der Waals surface area contributed by atoms with E-state index in [1.807, 2.05) is 0 Å². The molecule has 0 atom stereocenters. The van der Waals surface area contributed by atoms with Crippen molar-refractivity contribution in [2.24, 2.45) is 5.92 Å². The Labute approximate surface area is 153 Å². The van der Waals surface area contributed by atoms with Crippen LogP contribution in [0.2, 0.25) is 0 Å². The number of hydrogen-bond acceptors (Lipinski definition) is 2. The summed E-state index contributed by atoms with van der Waals surface area (Å²) in [5, 5.41) is 11.1. The van der Waals surface area contributed by atoms with Gasteiger partial charge in [0.15, 0.2) is 0 Å². The number of carbonyl (C=O) groups is 1. The van der Waals surface area contributed by atoms with Crippen molar-refractivity contribution < 1.29 is 39.5 Å². The number of rotatable bonds is 1. The smallest absolute Gasteiger partial charge is 0.550 e. The Balaban J connectivity index is 0.00000400. The Morgan fingerprint density at radius 1 is 0.571 bits per heavy atom. The molecule has 1 aliphatic rings. The van der Waals surface area contributed by atoms with Crippen LogP contribution in [0.5, 0.6) is 0 Å². The van der Waals surface area contributed by atoms with Gasteiger partial charge in [-0.1, -0.05) is 89.9 Å². The summed E-state index contributed by atoms with van der Waals surface area (Å²) >= 11 is 0. The SMILES string of the molecule is O=C([O-])C1CCCCCCCCCCCCCCCC1.[Na+]. The van der Waals surface area contributed by atoms with Crippen LogP contribution in [0.4, 0.5) is 0 Å². The quantitative estimate of drug-likeness (QED) is 0.691.